The van der Waals surface area contributed by atoms with Gasteiger partial charge in [-0.3, -0.25) is 10.2 Å². The summed E-state index contributed by atoms with van der Waals surface area (Å²) in [5.41, 5.74) is 2.13. The highest BCUT2D eigenvalue weighted by Gasteiger charge is 2.35. The lowest BCUT2D eigenvalue weighted by atomic mass is 10.2. The molecule has 1 aromatic heterocycles. The quantitative estimate of drug-likeness (QED) is 0.630. The van der Waals surface area contributed by atoms with Gasteiger partial charge >= 0.3 is 0 Å². The Morgan fingerprint density at radius 1 is 1.21 bits per heavy atom. The van der Waals surface area contributed by atoms with Gasteiger partial charge in [0, 0.05) is 0 Å². The fourth-order valence-electron chi connectivity index (χ4n) is 1.48. The Bertz CT molecular complexity index is 514. The van der Waals surface area contributed by atoms with Gasteiger partial charge in [0.25, 0.3) is 15.9 Å². The Kier molecular flexibility index (Phi) is 1.70. The molecule has 76 valence electrons. The normalized spacial score (nSPS) is 18.9. The van der Waals surface area contributed by atoms with Crippen molar-refractivity contribution in [3.05, 3.63) is 17.1 Å². The Hall–Kier alpha value is -1.34. The molecule has 1 aliphatic rings. The molecule has 0 saturated carbocycles. The van der Waals surface area contributed by atoms with Crippen molar-refractivity contribution >= 4 is 15.9 Å². The van der Waals surface area contributed by atoms with Crippen LogP contribution in [0.1, 0.15) is 21.9 Å². The van der Waals surface area contributed by atoms with Crippen LogP contribution in [-0.4, -0.2) is 14.3 Å². The summed E-state index contributed by atoms with van der Waals surface area (Å²) < 4.78 is 28.0. The van der Waals surface area contributed by atoms with E-state index in [2.05, 4.69) is 0 Å². The van der Waals surface area contributed by atoms with Crippen molar-refractivity contribution < 1.29 is 17.6 Å². The number of hydrogen-bond donors (Lipinski definition) is 2. The first-order valence-corrected chi connectivity index (χ1v) is 5.34. The van der Waals surface area contributed by atoms with Crippen molar-refractivity contribution in [1.82, 2.24) is 10.3 Å². The van der Waals surface area contributed by atoms with Crippen molar-refractivity contribution in [2.75, 3.05) is 0 Å². The average Bonchev–Trinajstić information content (AvgIpc) is 2.36. The van der Waals surface area contributed by atoms with E-state index in [9.17, 15) is 13.2 Å². The summed E-state index contributed by atoms with van der Waals surface area (Å²) in [4.78, 5) is 13.2. The molecule has 1 amide bonds. The summed E-state index contributed by atoms with van der Waals surface area (Å²) in [6.45, 7) is 3.05. The topological polar surface area (TPSA) is 88.4 Å². The number of sulfonamides is 1. The van der Waals surface area contributed by atoms with Crippen molar-refractivity contribution in [2.45, 2.75) is 18.7 Å². The van der Waals surface area contributed by atoms with Gasteiger partial charge in [-0.2, -0.15) is 0 Å². The van der Waals surface area contributed by atoms with Crippen LogP contribution < -0.4 is 10.3 Å². The van der Waals surface area contributed by atoms with Crippen molar-refractivity contribution in [3.8, 4) is 0 Å². The van der Waals surface area contributed by atoms with E-state index in [1.165, 1.54) is 6.92 Å². The first kappa shape index (κ1) is 9.22. The molecular weight excluding hydrogens is 208 g/mol. The van der Waals surface area contributed by atoms with Crippen LogP contribution in [0, 0.1) is 13.8 Å². The second-order valence-corrected chi connectivity index (χ2v) is 4.60. The van der Waals surface area contributed by atoms with E-state index in [1.54, 1.807) is 6.92 Å². The molecule has 7 heteroatoms. The molecule has 1 aliphatic heterocycles. The number of amides is 1. The van der Waals surface area contributed by atoms with E-state index >= 15 is 0 Å². The number of furan rings is 1. The molecule has 14 heavy (non-hydrogen) atoms. The average molecular weight is 216 g/mol. The zero-order chi connectivity index (χ0) is 10.5. The lowest BCUT2D eigenvalue weighted by molar-refractivity contribution is 0.0936. The van der Waals surface area contributed by atoms with E-state index in [-0.39, 0.29) is 16.2 Å². The summed E-state index contributed by atoms with van der Waals surface area (Å²) in [5.74, 6) is 0.0316. The lowest BCUT2D eigenvalue weighted by Gasteiger charge is -2.14. The van der Waals surface area contributed by atoms with Gasteiger partial charge < -0.3 is 4.42 Å². The Morgan fingerprint density at radius 3 is 2.43 bits per heavy atom. The summed E-state index contributed by atoms with van der Waals surface area (Å²) in [6, 6.07) is 0. The predicted molar refractivity (Wildman–Crippen MR) is 46.0 cm³/mol. The molecule has 0 aliphatic carbocycles. The number of carbonyl (C=O) groups is 1. The van der Waals surface area contributed by atoms with Crippen LogP contribution in [0.25, 0.3) is 0 Å². The molecule has 0 aromatic carbocycles. The molecule has 0 unspecified atom stereocenters. The summed E-state index contributed by atoms with van der Waals surface area (Å²) in [7, 11) is -3.66. The summed E-state index contributed by atoms with van der Waals surface area (Å²) >= 11 is 0. The van der Waals surface area contributed by atoms with Gasteiger partial charge in [-0.05, 0) is 13.8 Å². The Labute approximate surface area is 80.3 Å². The highest BCUT2D eigenvalue weighted by atomic mass is 32.2. The van der Waals surface area contributed by atoms with E-state index in [1.807, 2.05) is 10.3 Å². The first-order chi connectivity index (χ1) is 6.43. The first-order valence-electron chi connectivity index (χ1n) is 3.85. The third kappa shape index (κ3) is 1.06. The zero-order valence-electron chi connectivity index (χ0n) is 7.54. The molecule has 0 spiro atoms. The second kappa shape index (κ2) is 2.58. The van der Waals surface area contributed by atoms with E-state index in [4.69, 9.17) is 4.42 Å². The fraction of sp³-hybridized carbons (Fsp3) is 0.286. The molecule has 1 aromatic rings. The molecule has 0 fully saturated rings. The third-order valence-electron chi connectivity index (χ3n) is 2.00. The van der Waals surface area contributed by atoms with Crippen molar-refractivity contribution in [1.29, 1.82) is 0 Å². The molecule has 2 heterocycles. The predicted octanol–water partition coefficient (Wildman–Crippen LogP) is -0.167. The Morgan fingerprint density at radius 2 is 1.86 bits per heavy atom. The number of hydrazine groups is 1. The van der Waals surface area contributed by atoms with Gasteiger partial charge in [0.15, 0.2) is 0 Å². The number of hydrogen-bond acceptors (Lipinski definition) is 4. The van der Waals surface area contributed by atoms with Gasteiger partial charge in [0.1, 0.15) is 22.0 Å². The SMILES string of the molecule is Cc1oc(C)c2c1C(=O)NNS2(=O)=O. The lowest BCUT2D eigenvalue weighted by Crippen LogP contribution is -2.46. The molecule has 2 N–H and O–H groups in total. The number of fused-ring (bicyclic) bond motifs is 1. The minimum Gasteiger partial charge on any atom is -0.464 e. The van der Waals surface area contributed by atoms with Gasteiger partial charge in [-0.25, -0.2) is 8.42 Å². The number of nitrogens with one attached hydrogen (secondary N) is 2. The molecule has 0 bridgehead atoms. The second-order valence-electron chi connectivity index (χ2n) is 2.98. The van der Waals surface area contributed by atoms with Crippen LogP contribution >= 0.6 is 0 Å². The summed E-state index contributed by atoms with van der Waals surface area (Å²) in [5, 5.41) is 0. The van der Waals surface area contributed by atoms with Gasteiger partial charge in [-0.15, -0.1) is 4.83 Å². The molecule has 6 nitrogen and oxygen atoms in total. The maximum Gasteiger partial charge on any atom is 0.271 e. The molecule has 0 atom stereocenters. The van der Waals surface area contributed by atoms with Crippen LogP contribution in [0.3, 0.4) is 0 Å². The van der Waals surface area contributed by atoms with Gasteiger partial charge in [0.2, 0.25) is 0 Å². The van der Waals surface area contributed by atoms with Crippen LogP contribution in [-0.2, 0) is 10.0 Å². The zero-order valence-corrected chi connectivity index (χ0v) is 8.36. The summed E-state index contributed by atoms with van der Waals surface area (Å²) in [6.07, 6.45) is 0. The van der Waals surface area contributed by atoms with Crippen LogP contribution in [0.5, 0.6) is 0 Å². The monoisotopic (exact) mass is 216 g/mol. The van der Waals surface area contributed by atoms with E-state index in [0.29, 0.717) is 5.76 Å². The largest absolute Gasteiger partial charge is 0.464 e. The number of aryl methyl sites for hydroxylation is 2. The maximum atomic E-state index is 11.5. The van der Waals surface area contributed by atoms with Crippen molar-refractivity contribution in [3.63, 3.8) is 0 Å². The molecule has 0 saturated heterocycles. The molecule has 2 rings (SSSR count). The van der Waals surface area contributed by atoms with Gasteiger partial charge in [0.05, 0.1) is 0 Å². The maximum absolute atomic E-state index is 11.5. The minimum absolute atomic E-state index is 0.0706. The van der Waals surface area contributed by atoms with E-state index in [0.717, 1.165) is 0 Å². The van der Waals surface area contributed by atoms with E-state index < -0.39 is 15.9 Å². The number of carbonyl (C=O) groups excluding carboxylic acids is 1. The fourth-order valence-corrected chi connectivity index (χ4v) is 2.73. The highest BCUT2D eigenvalue weighted by Crippen LogP contribution is 2.27. The molecule has 0 radical (unpaired) electrons. The van der Waals surface area contributed by atoms with Crippen molar-refractivity contribution in [2.24, 2.45) is 0 Å². The third-order valence-corrected chi connectivity index (χ3v) is 3.40. The highest BCUT2D eigenvalue weighted by molar-refractivity contribution is 7.89. The minimum atomic E-state index is -3.66. The van der Waals surface area contributed by atoms with Gasteiger partial charge in [-0.1, -0.05) is 0 Å². The van der Waals surface area contributed by atoms with Crippen LogP contribution in [0.4, 0.5) is 0 Å². The number of rotatable bonds is 0. The smallest absolute Gasteiger partial charge is 0.271 e. The Balaban J connectivity index is 2.85. The standard InChI is InChI=1S/C7H8N2O4S/c1-3-5-6(4(2)13-3)14(11,12)9-8-7(5)10/h9H,1-2H3,(H,8,10). The van der Waals surface area contributed by atoms with Crippen LogP contribution in [0.2, 0.25) is 0 Å². The molecular formula is C7H8N2O4S. The van der Waals surface area contributed by atoms with Crippen LogP contribution in [0.15, 0.2) is 9.31 Å².